The smallest absolute Gasteiger partial charge is 0.191 e. The number of guanidine groups is 1. The largest absolute Gasteiger partial charge is 0.489 e. The molecule has 0 spiro atoms. The van der Waals surface area contributed by atoms with Gasteiger partial charge in [0.1, 0.15) is 23.5 Å². The molecule has 2 aromatic rings. The number of aliphatic hydroxyl groups is 1. The third-order valence-corrected chi connectivity index (χ3v) is 4.12. The van der Waals surface area contributed by atoms with Gasteiger partial charge in [-0.3, -0.25) is 4.98 Å². The van der Waals surface area contributed by atoms with Crippen molar-refractivity contribution in [1.29, 1.82) is 0 Å². The molecule has 0 saturated heterocycles. The Morgan fingerprint density at radius 2 is 2.04 bits per heavy atom. The van der Waals surface area contributed by atoms with Crippen molar-refractivity contribution >= 4 is 53.1 Å². The van der Waals surface area contributed by atoms with Gasteiger partial charge in [-0.2, -0.15) is 0 Å². The summed E-state index contributed by atoms with van der Waals surface area (Å²) in [6, 6.07) is 10.8. The highest BCUT2D eigenvalue weighted by molar-refractivity contribution is 14.0. The molecule has 0 aliphatic rings. The maximum atomic E-state index is 10.1. The van der Waals surface area contributed by atoms with Gasteiger partial charge in [0.25, 0.3) is 0 Å². The van der Waals surface area contributed by atoms with Crippen LogP contribution in [0.5, 0.6) is 5.75 Å². The number of ether oxygens (including phenoxy) is 1. The monoisotopic (exact) mass is 524 g/mol. The SMILES string of the molecule is CCNC(=NCc1ccccn1)NCC(O)COc1cccc(Cl)c1Cl.I. The van der Waals surface area contributed by atoms with Crippen molar-refractivity contribution in [2.24, 2.45) is 4.99 Å². The van der Waals surface area contributed by atoms with Gasteiger partial charge in [0.15, 0.2) is 5.96 Å². The van der Waals surface area contributed by atoms with E-state index < -0.39 is 6.10 Å². The number of benzene rings is 1. The molecule has 3 N–H and O–H groups in total. The Hall–Kier alpha value is -1.29. The van der Waals surface area contributed by atoms with Crippen molar-refractivity contribution in [3.63, 3.8) is 0 Å². The van der Waals surface area contributed by atoms with Crippen LogP contribution in [0.2, 0.25) is 10.0 Å². The molecular weight excluding hydrogens is 502 g/mol. The fourth-order valence-corrected chi connectivity index (χ4v) is 2.39. The molecule has 148 valence electrons. The number of aliphatic hydroxyl groups excluding tert-OH is 1. The quantitative estimate of drug-likeness (QED) is 0.280. The summed E-state index contributed by atoms with van der Waals surface area (Å²) in [6.07, 6.45) is 0.983. The normalized spacial score (nSPS) is 12.1. The van der Waals surface area contributed by atoms with Gasteiger partial charge < -0.3 is 20.5 Å². The van der Waals surface area contributed by atoms with E-state index in [0.717, 1.165) is 5.69 Å². The minimum atomic E-state index is -0.747. The summed E-state index contributed by atoms with van der Waals surface area (Å²) in [5.41, 5.74) is 0.865. The van der Waals surface area contributed by atoms with Gasteiger partial charge in [0, 0.05) is 19.3 Å². The Morgan fingerprint density at radius 3 is 2.74 bits per heavy atom. The topological polar surface area (TPSA) is 78.8 Å². The molecule has 1 unspecified atom stereocenters. The molecule has 0 radical (unpaired) electrons. The molecule has 1 atom stereocenters. The van der Waals surface area contributed by atoms with Gasteiger partial charge in [-0.1, -0.05) is 35.3 Å². The Labute approximate surface area is 186 Å². The maximum Gasteiger partial charge on any atom is 0.191 e. The molecule has 9 heteroatoms. The molecular formula is C18H23Cl2IN4O2. The lowest BCUT2D eigenvalue weighted by Crippen LogP contribution is -2.42. The van der Waals surface area contributed by atoms with Crippen molar-refractivity contribution in [3.8, 4) is 5.75 Å². The highest BCUT2D eigenvalue weighted by Crippen LogP contribution is 2.31. The summed E-state index contributed by atoms with van der Waals surface area (Å²) in [6.45, 7) is 3.47. The van der Waals surface area contributed by atoms with Crippen LogP contribution in [0.1, 0.15) is 12.6 Å². The van der Waals surface area contributed by atoms with E-state index in [0.29, 0.717) is 34.8 Å². The van der Waals surface area contributed by atoms with Crippen molar-refractivity contribution in [2.75, 3.05) is 19.7 Å². The van der Waals surface area contributed by atoms with Crippen LogP contribution in [0, 0.1) is 0 Å². The molecule has 1 aromatic heterocycles. The van der Waals surface area contributed by atoms with Crippen LogP contribution in [0.15, 0.2) is 47.6 Å². The van der Waals surface area contributed by atoms with Crippen LogP contribution in [0.4, 0.5) is 0 Å². The van der Waals surface area contributed by atoms with Gasteiger partial charge in [-0.05, 0) is 31.2 Å². The van der Waals surface area contributed by atoms with Gasteiger partial charge in [-0.15, -0.1) is 24.0 Å². The zero-order valence-electron chi connectivity index (χ0n) is 14.9. The molecule has 1 heterocycles. The molecule has 6 nitrogen and oxygen atoms in total. The van der Waals surface area contributed by atoms with E-state index >= 15 is 0 Å². The van der Waals surface area contributed by atoms with E-state index in [-0.39, 0.29) is 37.1 Å². The minimum Gasteiger partial charge on any atom is -0.489 e. The molecule has 0 saturated carbocycles. The molecule has 2 rings (SSSR count). The number of aromatic nitrogens is 1. The Bertz CT molecular complexity index is 720. The number of rotatable bonds is 8. The number of aliphatic imine (C=N–C) groups is 1. The van der Waals surface area contributed by atoms with Gasteiger partial charge in [0.2, 0.25) is 0 Å². The molecule has 1 aromatic carbocycles. The second-order valence-electron chi connectivity index (χ2n) is 5.41. The van der Waals surface area contributed by atoms with E-state index in [1.165, 1.54) is 0 Å². The van der Waals surface area contributed by atoms with E-state index in [9.17, 15) is 5.11 Å². The standard InChI is InChI=1S/C18H22Cl2N4O2.HI/c1-2-21-18(23-10-13-6-3-4-9-22-13)24-11-14(25)12-26-16-8-5-7-15(19)17(16)20;/h3-9,14,25H,2,10-12H2,1H3,(H2,21,23,24);1H. The summed E-state index contributed by atoms with van der Waals surface area (Å²) in [5.74, 6) is 1.03. The number of hydrogen-bond donors (Lipinski definition) is 3. The van der Waals surface area contributed by atoms with E-state index in [4.69, 9.17) is 27.9 Å². The Morgan fingerprint density at radius 1 is 1.22 bits per heavy atom. The average molecular weight is 525 g/mol. The summed E-state index contributed by atoms with van der Waals surface area (Å²) in [7, 11) is 0. The lowest BCUT2D eigenvalue weighted by atomic mass is 10.3. The predicted molar refractivity (Wildman–Crippen MR) is 120 cm³/mol. The fourth-order valence-electron chi connectivity index (χ4n) is 2.05. The third-order valence-electron chi connectivity index (χ3n) is 3.32. The van der Waals surface area contributed by atoms with Gasteiger partial charge in [0.05, 0.1) is 17.3 Å². The molecule has 27 heavy (non-hydrogen) atoms. The van der Waals surface area contributed by atoms with E-state index in [1.54, 1.807) is 24.4 Å². The fraction of sp³-hybridized carbons (Fsp3) is 0.333. The summed E-state index contributed by atoms with van der Waals surface area (Å²) in [4.78, 5) is 8.67. The van der Waals surface area contributed by atoms with E-state index in [1.807, 2.05) is 25.1 Å². The van der Waals surface area contributed by atoms with Crippen LogP contribution < -0.4 is 15.4 Å². The molecule has 0 aliphatic carbocycles. The van der Waals surface area contributed by atoms with Crippen LogP contribution in [-0.2, 0) is 6.54 Å². The zero-order chi connectivity index (χ0) is 18.8. The number of nitrogens with one attached hydrogen (secondary N) is 2. The third kappa shape index (κ3) is 8.50. The number of nitrogens with zero attached hydrogens (tertiary/aromatic N) is 2. The maximum absolute atomic E-state index is 10.1. The molecule has 0 bridgehead atoms. The Kier molecular flexibility index (Phi) is 11.4. The number of halogens is 3. The van der Waals surface area contributed by atoms with Gasteiger partial charge >= 0.3 is 0 Å². The first-order chi connectivity index (χ1) is 12.6. The van der Waals surface area contributed by atoms with E-state index in [2.05, 4.69) is 20.6 Å². The highest BCUT2D eigenvalue weighted by atomic mass is 127. The van der Waals surface area contributed by atoms with Crippen molar-refractivity contribution in [1.82, 2.24) is 15.6 Å². The first-order valence-electron chi connectivity index (χ1n) is 8.27. The molecule has 0 fully saturated rings. The average Bonchev–Trinajstić information content (AvgIpc) is 2.66. The first kappa shape index (κ1) is 23.7. The summed E-state index contributed by atoms with van der Waals surface area (Å²) >= 11 is 12.0. The van der Waals surface area contributed by atoms with Crippen molar-refractivity contribution < 1.29 is 9.84 Å². The van der Waals surface area contributed by atoms with Crippen LogP contribution in [0.3, 0.4) is 0 Å². The zero-order valence-corrected chi connectivity index (χ0v) is 18.7. The van der Waals surface area contributed by atoms with Crippen molar-refractivity contribution in [3.05, 3.63) is 58.3 Å². The van der Waals surface area contributed by atoms with Crippen LogP contribution in [0.25, 0.3) is 0 Å². The van der Waals surface area contributed by atoms with Crippen molar-refractivity contribution in [2.45, 2.75) is 19.6 Å². The second-order valence-corrected chi connectivity index (χ2v) is 6.20. The van der Waals surface area contributed by atoms with Crippen LogP contribution in [-0.4, -0.2) is 41.9 Å². The number of pyridine rings is 1. The lowest BCUT2D eigenvalue weighted by molar-refractivity contribution is 0.110. The summed E-state index contributed by atoms with van der Waals surface area (Å²) < 4.78 is 5.52. The lowest BCUT2D eigenvalue weighted by Gasteiger charge is -2.16. The summed E-state index contributed by atoms with van der Waals surface area (Å²) in [5, 5.41) is 17.1. The second kappa shape index (κ2) is 13.0. The first-order valence-corrected chi connectivity index (χ1v) is 9.02. The minimum absolute atomic E-state index is 0. The molecule has 0 amide bonds. The van der Waals surface area contributed by atoms with Crippen LogP contribution >= 0.6 is 47.2 Å². The Balaban J connectivity index is 0.00000364. The molecule has 0 aliphatic heterocycles. The highest BCUT2D eigenvalue weighted by Gasteiger charge is 2.10. The van der Waals surface area contributed by atoms with Gasteiger partial charge in [-0.25, -0.2) is 4.99 Å². The predicted octanol–water partition coefficient (Wildman–Crippen LogP) is 3.50. The number of hydrogen-bond acceptors (Lipinski definition) is 4.